The zero-order chi connectivity index (χ0) is 42.2. The van der Waals surface area contributed by atoms with Crippen LogP contribution in [0.4, 0.5) is 0 Å². The third-order valence-electron chi connectivity index (χ3n) is 11.8. The minimum Gasteiger partial charge on any atom is -0.394 e. The highest BCUT2D eigenvalue weighted by Crippen LogP contribution is 2.36. The summed E-state index contributed by atoms with van der Waals surface area (Å²) in [5.74, 6) is -6.07. The molecule has 1 fully saturated rings. The summed E-state index contributed by atoms with van der Waals surface area (Å²) in [6, 6.07) is -1.73. The van der Waals surface area contributed by atoms with Crippen molar-refractivity contribution < 1.29 is 34.4 Å². The number of carbonyl (C=O) groups is 3. The van der Waals surface area contributed by atoms with E-state index in [1.807, 2.05) is 0 Å². The Bertz CT molecular complexity index is 1060. The third kappa shape index (κ3) is 21.9. The van der Waals surface area contributed by atoms with E-state index in [-0.39, 0.29) is 18.9 Å². The third-order valence-corrected chi connectivity index (χ3v) is 11.8. The number of ether oxygens (including phenoxy) is 1. The molecule has 1 aliphatic rings. The Hall–Kier alpha value is -1.73. The van der Waals surface area contributed by atoms with Crippen LogP contribution in [0.5, 0.6) is 0 Å². The quantitative estimate of drug-likeness (QED) is 0.0154. The van der Waals surface area contributed by atoms with Gasteiger partial charge in [0.25, 0.3) is 0 Å². The highest BCUT2D eigenvalue weighted by atomic mass is 16.6. The molecular weight excluding hydrogens is 721 g/mol. The van der Waals surface area contributed by atoms with Crippen molar-refractivity contribution in [1.82, 2.24) is 4.90 Å². The number of hydrogen-bond donors (Lipinski definition) is 6. The molecule has 1 aliphatic heterocycles. The molecule has 9 N–H and O–H groups in total. The average molecular weight is 809 g/mol. The number of nitrogens with two attached hydrogens (primary N) is 3. The zero-order valence-corrected chi connectivity index (χ0v) is 36.5. The number of unbranched alkanes of at least 4 members (excludes halogenated alkanes) is 26. The number of hydrogen-bond acceptors (Lipinski definition) is 10. The molecule has 57 heavy (non-hydrogen) atoms. The summed E-state index contributed by atoms with van der Waals surface area (Å²) in [7, 11) is 0. The molecule has 0 radical (unpaired) electrons. The summed E-state index contributed by atoms with van der Waals surface area (Å²) in [6.07, 6.45) is 33.6. The molecule has 0 aromatic rings. The summed E-state index contributed by atoms with van der Waals surface area (Å²) in [5, 5.41) is 32.0. The lowest BCUT2D eigenvalue weighted by Crippen LogP contribution is -2.76. The highest BCUT2D eigenvalue weighted by molar-refractivity contribution is 6.08. The summed E-state index contributed by atoms with van der Waals surface area (Å²) in [4.78, 5) is 41.4. The second-order valence-electron chi connectivity index (χ2n) is 16.8. The summed E-state index contributed by atoms with van der Waals surface area (Å²) < 4.78 is 5.99. The molecule has 0 spiro atoms. The molecule has 1 saturated heterocycles. The van der Waals surface area contributed by atoms with E-state index in [2.05, 4.69) is 26.0 Å². The molecule has 6 atom stereocenters. The van der Waals surface area contributed by atoms with Crippen molar-refractivity contribution in [1.29, 1.82) is 0 Å². The second-order valence-corrected chi connectivity index (χ2v) is 16.8. The lowest BCUT2D eigenvalue weighted by atomic mass is 9.79. The van der Waals surface area contributed by atoms with Crippen molar-refractivity contribution in [2.75, 3.05) is 19.7 Å². The molecular formula is C46H88N4O7. The predicted octanol–water partition coefficient (Wildman–Crippen LogP) is 7.88. The van der Waals surface area contributed by atoms with Crippen LogP contribution < -0.4 is 17.2 Å². The minimum atomic E-state index is -2.25. The van der Waals surface area contributed by atoms with Gasteiger partial charge in [0.05, 0.1) is 19.3 Å². The average Bonchev–Trinajstić information content (AvgIpc) is 3.21. The van der Waals surface area contributed by atoms with Crippen LogP contribution in [0.25, 0.3) is 0 Å². The van der Waals surface area contributed by atoms with E-state index >= 15 is 0 Å². The van der Waals surface area contributed by atoms with Crippen molar-refractivity contribution in [2.45, 2.75) is 237 Å². The molecule has 0 saturated carbocycles. The molecule has 334 valence electrons. The number of rotatable bonds is 38. The van der Waals surface area contributed by atoms with Crippen LogP contribution in [0, 0.1) is 5.92 Å². The number of carbonyl (C=O) groups excluding carboxylic acids is 3. The Kier molecular flexibility index (Phi) is 31.8. The van der Waals surface area contributed by atoms with E-state index in [9.17, 15) is 29.7 Å². The number of allylic oxidation sites excluding steroid dienone is 2. The number of aliphatic hydroxyl groups is 3. The molecule has 1 heterocycles. The normalized spacial score (nSPS) is 21.6. The van der Waals surface area contributed by atoms with E-state index in [1.165, 1.54) is 114 Å². The van der Waals surface area contributed by atoms with Crippen LogP contribution >= 0.6 is 0 Å². The molecule has 0 aliphatic carbocycles. The fourth-order valence-corrected chi connectivity index (χ4v) is 8.07. The second kappa shape index (κ2) is 34.0. The maximum absolute atomic E-state index is 14.0. The SMILES string of the molecule is CCCCCCCC/C=C\CCCCCCCC(=O)N(CCCCCCCCCCCCCCCCCC)[C@]1(N)O[C@H](CO)[C@@H](O)[C@H](O)[C@H]1C(=O)C(N)C(=O)CN. The van der Waals surface area contributed by atoms with Gasteiger partial charge < -0.3 is 36.4 Å². The van der Waals surface area contributed by atoms with E-state index in [0.29, 0.717) is 12.8 Å². The van der Waals surface area contributed by atoms with Crippen molar-refractivity contribution in [3.8, 4) is 0 Å². The van der Waals surface area contributed by atoms with Gasteiger partial charge in [-0.1, -0.05) is 174 Å². The molecule has 0 bridgehead atoms. The van der Waals surface area contributed by atoms with Gasteiger partial charge in [0.15, 0.2) is 11.6 Å². The van der Waals surface area contributed by atoms with Gasteiger partial charge >= 0.3 is 0 Å². The van der Waals surface area contributed by atoms with Crippen molar-refractivity contribution in [2.24, 2.45) is 23.1 Å². The first kappa shape index (κ1) is 53.3. The Morgan fingerprint density at radius 3 is 1.47 bits per heavy atom. The summed E-state index contributed by atoms with van der Waals surface area (Å²) in [5.41, 5.74) is 18.3. The number of ketones is 2. The summed E-state index contributed by atoms with van der Waals surface area (Å²) >= 11 is 0. The first-order valence-electron chi connectivity index (χ1n) is 23.5. The van der Waals surface area contributed by atoms with Gasteiger partial charge in [0, 0.05) is 13.0 Å². The largest absolute Gasteiger partial charge is 0.394 e. The lowest BCUT2D eigenvalue weighted by Gasteiger charge is -2.53. The molecule has 1 rings (SSSR count). The predicted molar refractivity (Wildman–Crippen MR) is 232 cm³/mol. The van der Waals surface area contributed by atoms with Crippen molar-refractivity contribution >= 4 is 17.5 Å². The number of amides is 1. The van der Waals surface area contributed by atoms with Crippen molar-refractivity contribution in [3.63, 3.8) is 0 Å². The van der Waals surface area contributed by atoms with Crippen LogP contribution in [-0.4, -0.2) is 87.6 Å². The summed E-state index contributed by atoms with van der Waals surface area (Å²) in [6.45, 7) is 3.42. The van der Waals surface area contributed by atoms with E-state index in [1.54, 1.807) is 0 Å². The Labute approximate surface area is 347 Å². The van der Waals surface area contributed by atoms with E-state index < -0.39 is 60.8 Å². The van der Waals surface area contributed by atoms with Crippen LogP contribution in [0.1, 0.15) is 206 Å². The molecule has 0 aromatic heterocycles. The maximum Gasteiger partial charge on any atom is 0.225 e. The lowest BCUT2D eigenvalue weighted by molar-refractivity contribution is -0.291. The van der Waals surface area contributed by atoms with Gasteiger partial charge in [-0.15, -0.1) is 0 Å². The van der Waals surface area contributed by atoms with E-state index in [4.69, 9.17) is 21.9 Å². The Morgan fingerprint density at radius 2 is 1.05 bits per heavy atom. The fraction of sp³-hybridized carbons (Fsp3) is 0.891. The minimum absolute atomic E-state index is 0.143. The smallest absolute Gasteiger partial charge is 0.225 e. The first-order chi connectivity index (χ1) is 27.6. The van der Waals surface area contributed by atoms with Gasteiger partial charge in [0.1, 0.15) is 24.2 Å². The van der Waals surface area contributed by atoms with Crippen LogP contribution in [0.3, 0.4) is 0 Å². The van der Waals surface area contributed by atoms with Crippen LogP contribution in [-0.2, 0) is 19.1 Å². The Balaban J connectivity index is 2.74. The fourth-order valence-electron chi connectivity index (χ4n) is 8.07. The van der Waals surface area contributed by atoms with Gasteiger partial charge in [-0.2, -0.15) is 0 Å². The molecule has 11 nitrogen and oxygen atoms in total. The topological polar surface area (TPSA) is 202 Å². The maximum atomic E-state index is 14.0. The number of nitrogens with zero attached hydrogens (tertiary/aromatic N) is 1. The monoisotopic (exact) mass is 809 g/mol. The van der Waals surface area contributed by atoms with Gasteiger partial charge in [-0.3, -0.25) is 20.1 Å². The molecule has 0 aromatic carbocycles. The first-order valence-corrected chi connectivity index (χ1v) is 23.5. The number of Topliss-reactive ketones (excluding diaryl/α,β-unsaturated/α-hetero) is 2. The van der Waals surface area contributed by atoms with E-state index in [0.717, 1.165) is 64.2 Å². The van der Waals surface area contributed by atoms with Gasteiger partial charge in [-0.05, 0) is 38.5 Å². The number of aliphatic hydroxyl groups excluding tert-OH is 3. The van der Waals surface area contributed by atoms with Crippen molar-refractivity contribution in [3.05, 3.63) is 12.2 Å². The molecule has 1 amide bonds. The van der Waals surface area contributed by atoms with Crippen LogP contribution in [0.2, 0.25) is 0 Å². The van der Waals surface area contributed by atoms with Crippen LogP contribution in [0.15, 0.2) is 12.2 Å². The van der Waals surface area contributed by atoms with Gasteiger partial charge in [0.2, 0.25) is 11.8 Å². The highest BCUT2D eigenvalue weighted by Gasteiger charge is 2.59. The molecule has 1 unspecified atom stereocenters. The van der Waals surface area contributed by atoms with Gasteiger partial charge in [-0.25, -0.2) is 0 Å². The Morgan fingerprint density at radius 1 is 0.649 bits per heavy atom. The standard InChI is InChI=1S/C46H88N4O7/c1-3-5-7-9-11-13-15-17-19-21-23-25-27-29-31-33-35-50(40(53)34-32-30-28-26-24-22-20-18-16-14-12-10-8-6-4-2)46(49)41(44(55)42(48)38(52)36-47)45(56)43(54)39(37-51)57-46/h18,20,39,41-43,45,51,54,56H,3-17,19,21-37,47-49H2,1-2H3/b20-18-/t39-,41-,42?,43-,45-,46+/m1/s1. The molecule has 11 heteroatoms. The zero-order valence-electron chi connectivity index (χ0n) is 36.5.